The summed E-state index contributed by atoms with van der Waals surface area (Å²) in [5, 5.41) is 3.40. The Hall–Kier alpha value is -1.63. The van der Waals surface area contributed by atoms with Gasteiger partial charge >= 0.3 is 0 Å². The van der Waals surface area contributed by atoms with Crippen LogP contribution in [-0.4, -0.2) is 46.1 Å². The van der Waals surface area contributed by atoms with Gasteiger partial charge in [0.05, 0.1) is 13.1 Å². The molecule has 1 fully saturated rings. The van der Waals surface area contributed by atoms with Crippen molar-refractivity contribution in [2.75, 3.05) is 19.6 Å². The maximum atomic E-state index is 14.9. The van der Waals surface area contributed by atoms with Gasteiger partial charge in [0.25, 0.3) is 5.91 Å². The number of imidazole rings is 1. The molecule has 5 nitrogen and oxygen atoms in total. The third-order valence-corrected chi connectivity index (χ3v) is 4.81. The van der Waals surface area contributed by atoms with Gasteiger partial charge in [0.1, 0.15) is 11.5 Å². The predicted octanol–water partition coefficient (Wildman–Crippen LogP) is 3.45. The minimum atomic E-state index is -1.41. The highest BCUT2D eigenvalue weighted by Crippen LogP contribution is 2.27. The number of amides is 1. The third-order valence-electron chi connectivity index (χ3n) is 4.37. The monoisotopic (exact) mass is 384 g/mol. The Kier molecular flexibility index (Phi) is 5.61. The van der Waals surface area contributed by atoms with Gasteiger partial charge in [-0.05, 0) is 31.0 Å². The summed E-state index contributed by atoms with van der Waals surface area (Å²) in [5.41, 5.74) is -1.08. The molecule has 1 saturated heterocycles. The topological polar surface area (TPSA) is 61.0 Å². The van der Waals surface area contributed by atoms with Crippen LogP contribution in [0, 0.1) is 0 Å². The first-order valence-corrected chi connectivity index (χ1v) is 8.83. The van der Waals surface area contributed by atoms with Crippen LogP contribution in [0.2, 0.25) is 10.0 Å². The molecular weight excluding hydrogens is 366 g/mol. The summed E-state index contributed by atoms with van der Waals surface area (Å²) >= 11 is 11.8. The summed E-state index contributed by atoms with van der Waals surface area (Å²) in [6.45, 7) is 1.90. The van der Waals surface area contributed by atoms with E-state index < -0.39 is 5.67 Å². The summed E-state index contributed by atoms with van der Waals surface area (Å²) in [5.74, 6) is 0.497. The number of hydrogen-bond acceptors (Lipinski definition) is 3. The number of carbonyl (C=O) groups is 1. The summed E-state index contributed by atoms with van der Waals surface area (Å²) in [6, 6.07) is 4.57. The van der Waals surface area contributed by atoms with Crippen LogP contribution in [0.5, 0.6) is 0 Å². The Morgan fingerprint density at radius 3 is 2.56 bits per heavy atom. The van der Waals surface area contributed by atoms with Crippen LogP contribution >= 0.6 is 23.2 Å². The molecule has 0 radical (unpaired) electrons. The minimum absolute atomic E-state index is 0.0233. The molecule has 1 aromatic heterocycles. The molecule has 0 unspecified atom stereocenters. The van der Waals surface area contributed by atoms with Gasteiger partial charge in [0.2, 0.25) is 0 Å². The number of halogens is 3. The van der Waals surface area contributed by atoms with Crippen LogP contribution in [0.25, 0.3) is 0 Å². The molecule has 0 atom stereocenters. The van der Waals surface area contributed by atoms with E-state index in [0.29, 0.717) is 48.1 Å². The molecule has 1 aliphatic heterocycles. The second kappa shape index (κ2) is 7.72. The number of hydrogen-bond donors (Lipinski definition) is 2. The Morgan fingerprint density at radius 2 is 1.96 bits per heavy atom. The summed E-state index contributed by atoms with van der Waals surface area (Å²) < 4.78 is 14.9. The average Bonchev–Trinajstić information content (AvgIpc) is 3.07. The standard InChI is InChI=1S/C17H19Cl2FN4O/c18-13-7-12(8-14(19)9-13)16(25)23-11-17(20)1-5-24(6-2-17)10-15-21-3-4-22-15/h3-4,7-9H,1-2,5-6,10-11H2,(H,21,22)(H,23,25). The number of benzene rings is 1. The van der Waals surface area contributed by atoms with E-state index in [1.54, 1.807) is 18.5 Å². The van der Waals surface area contributed by atoms with Crippen molar-refractivity contribution >= 4 is 29.1 Å². The second-order valence-corrected chi connectivity index (χ2v) is 7.18. The van der Waals surface area contributed by atoms with Crippen molar-refractivity contribution in [3.8, 4) is 0 Å². The Balaban J connectivity index is 1.50. The summed E-state index contributed by atoms with van der Waals surface area (Å²) in [6.07, 6.45) is 4.21. The van der Waals surface area contributed by atoms with E-state index in [1.165, 1.54) is 12.1 Å². The van der Waals surface area contributed by atoms with E-state index in [4.69, 9.17) is 23.2 Å². The zero-order chi connectivity index (χ0) is 17.9. The fraction of sp³-hybridized carbons (Fsp3) is 0.412. The molecule has 2 aromatic rings. The fourth-order valence-electron chi connectivity index (χ4n) is 2.91. The highest BCUT2D eigenvalue weighted by Gasteiger charge is 2.35. The van der Waals surface area contributed by atoms with Gasteiger partial charge in [-0.2, -0.15) is 0 Å². The molecule has 0 saturated carbocycles. The first-order valence-electron chi connectivity index (χ1n) is 8.07. The molecule has 134 valence electrons. The number of carbonyl (C=O) groups excluding carboxylic acids is 1. The number of aromatic nitrogens is 2. The Bertz CT molecular complexity index is 710. The number of rotatable bonds is 5. The Labute approximate surface area is 155 Å². The SMILES string of the molecule is O=C(NCC1(F)CCN(Cc2ncc[nH]2)CC1)c1cc(Cl)cc(Cl)c1. The number of piperidine rings is 1. The maximum absolute atomic E-state index is 14.9. The van der Waals surface area contributed by atoms with Gasteiger partial charge in [0, 0.05) is 41.1 Å². The van der Waals surface area contributed by atoms with E-state index in [2.05, 4.69) is 20.2 Å². The summed E-state index contributed by atoms with van der Waals surface area (Å²) in [4.78, 5) is 21.6. The fourth-order valence-corrected chi connectivity index (χ4v) is 3.44. The lowest BCUT2D eigenvalue weighted by atomic mass is 9.93. The van der Waals surface area contributed by atoms with Crippen molar-refractivity contribution in [2.24, 2.45) is 0 Å². The average molecular weight is 385 g/mol. The lowest BCUT2D eigenvalue weighted by molar-refractivity contribution is 0.0509. The van der Waals surface area contributed by atoms with E-state index in [9.17, 15) is 9.18 Å². The van der Waals surface area contributed by atoms with E-state index in [1.807, 2.05) is 0 Å². The lowest BCUT2D eigenvalue weighted by Gasteiger charge is -2.36. The predicted molar refractivity (Wildman–Crippen MR) is 95.7 cm³/mol. The maximum Gasteiger partial charge on any atom is 0.251 e. The number of likely N-dealkylation sites (tertiary alicyclic amines) is 1. The second-order valence-electron chi connectivity index (χ2n) is 6.30. The van der Waals surface area contributed by atoms with Crippen LogP contribution < -0.4 is 5.32 Å². The molecule has 1 amide bonds. The van der Waals surface area contributed by atoms with Gasteiger partial charge < -0.3 is 10.3 Å². The van der Waals surface area contributed by atoms with Crippen LogP contribution in [0.4, 0.5) is 4.39 Å². The zero-order valence-corrected chi connectivity index (χ0v) is 15.1. The molecule has 2 heterocycles. The number of aromatic amines is 1. The summed E-state index contributed by atoms with van der Waals surface area (Å²) in [7, 11) is 0. The van der Waals surface area contributed by atoms with Crippen LogP contribution in [0.1, 0.15) is 29.0 Å². The van der Waals surface area contributed by atoms with Crippen molar-refractivity contribution in [1.82, 2.24) is 20.2 Å². The van der Waals surface area contributed by atoms with Crippen molar-refractivity contribution < 1.29 is 9.18 Å². The molecule has 0 aliphatic carbocycles. The van der Waals surface area contributed by atoms with E-state index in [0.717, 1.165) is 5.82 Å². The lowest BCUT2D eigenvalue weighted by Crippen LogP contribution is -2.48. The first kappa shape index (κ1) is 18.2. The highest BCUT2D eigenvalue weighted by molar-refractivity contribution is 6.35. The molecule has 8 heteroatoms. The van der Waals surface area contributed by atoms with E-state index >= 15 is 0 Å². The minimum Gasteiger partial charge on any atom is -0.349 e. The number of nitrogens with zero attached hydrogens (tertiary/aromatic N) is 2. The van der Waals surface area contributed by atoms with Crippen LogP contribution in [-0.2, 0) is 6.54 Å². The van der Waals surface area contributed by atoms with Crippen molar-refractivity contribution in [3.63, 3.8) is 0 Å². The molecule has 25 heavy (non-hydrogen) atoms. The smallest absolute Gasteiger partial charge is 0.251 e. The molecule has 1 aromatic carbocycles. The molecule has 0 spiro atoms. The first-order chi connectivity index (χ1) is 11.9. The van der Waals surface area contributed by atoms with Crippen molar-refractivity contribution in [2.45, 2.75) is 25.1 Å². The van der Waals surface area contributed by atoms with Gasteiger partial charge in [0.15, 0.2) is 0 Å². The van der Waals surface area contributed by atoms with Gasteiger partial charge in [-0.1, -0.05) is 23.2 Å². The Morgan fingerprint density at radius 1 is 1.28 bits per heavy atom. The zero-order valence-electron chi connectivity index (χ0n) is 13.6. The highest BCUT2D eigenvalue weighted by atomic mass is 35.5. The van der Waals surface area contributed by atoms with E-state index in [-0.39, 0.29) is 12.5 Å². The molecule has 1 aliphatic rings. The van der Waals surface area contributed by atoms with Gasteiger partial charge in [-0.15, -0.1) is 0 Å². The van der Waals surface area contributed by atoms with Gasteiger partial charge in [-0.25, -0.2) is 9.37 Å². The largest absolute Gasteiger partial charge is 0.349 e. The van der Waals surface area contributed by atoms with Gasteiger partial charge in [-0.3, -0.25) is 9.69 Å². The van der Waals surface area contributed by atoms with Crippen LogP contribution in [0.3, 0.4) is 0 Å². The third kappa shape index (κ3) is 4.93. The molecule has 3 rings (SSSR count). The number of alkyl halides is 1. The number of nitrogens with one attached hydrogen (secondary N) is 2. The normalized spacial score (nSPS) is 17.4. The molecule has 0 bridgehead atoms. The molecular formula is C17H19Cl2FN4O. The van der Waals surface area contributed by atoms with Crippen molar-refractivity contribution in [1.29, 1.82) is 0 Å². The molecule has 2 N–H and O–H groups in total. The van der Waals surface area contributed by atoms with Crippen LogP contribution in [0.15, 0.2) is 30.6 Å². The van der Waals surface area contributed by atoms with Crippen molar-refractivity contribution in [3.05, 3.63) is 52.0 Å². The number of H-pyrrole nitrogens is 1. The quantitative estimate of drug-likeness (QED) is 0.829.